The third kappa shape index (κ3) is 1.88. The van der Waals surface area contributed by atoms with Crippen molar-refractivity contribution in [2.75, 3.05) is 13.2 Å². The molecule has 110 valence electrons. The summed E-state index contributed by atoms with van der Waals surface area (Å²) in [6, 6.07) is 0. The standard InChI is InChI=1S/C13H17NO5S/c1-7(15)13-5-10(16)14(13)11(12(17)18)9(20-13)4-8-2-3-19-6-8/h7-8,15H,2-6H2,1H3,(H,17,18)/t7?,8?,13-/m0/s1. The number of carbonyl (C=O) groups is 2. The minimum Gasteiger partial charge on any atom is -0.477 e. The number of hydrogen-bond donors (Lipinski definition) is 2. The lowest BCUT2D eigenvalue weighted by Crippen LogP contribution is -2.64. The van der Waals surface area contributed by atoms with Gasteiger partial charge in [-0.05, 0) is 25.7 Å². The molecule has 2 fully saturated rings. The molecule has 3 rings (SSSR count). The lowest BCUT2D eigenvalue weighted by atomic mass is 9.94. The molecule has 3 heterocycles. The molecule has 6 nitrogen and oxygen atoms in total. The van der Waals surface area contributed by atoms with Gasteiger partial charge in [-0.2, -0.15) is 0 Å². The van der Waals surface area contributed by atoms with Crippen LogP contribution in [-0.4, -0.2) is 51.2 Å². The highest BCUT2D eigenvalue weighted by atomic mass is 32.2. The summed E-state index contributed by atoms with van der Waals surface area (Å²) in [5.74, 6) is -1.03. The van der Waals surface area contributed by atoms with Crippen LogP contribution in [0.25, 0.3) is 0 Å². The fraction of sp³-hybridized carbons (Fsp3) is 0.692. The van der Waals surface area contributed by atoms with Gasteiger partial charge in [0, 0.05) is 18.1 Å². The molecular formula is C13H17NO5S. The summed E-state index contributed by atoms with van der Waals surface area (Å²) < 4.78 is 5.32. The maximum atomic E-state index is 11.8. The van der Waals surface area contributed by atoms with Gasteiger partial charge in [-0.3, -0.25) is 9.69 Å². The van der Waals surface area contributed by atoms with Crippen LogP contribution in [0.4, 0.5) is 0 Å². The average Bonchev–Trinajstić information content (AvgIpc) is 2.93. The number of amides is 1. The number of thioether (sulfide) groups is 1. The Labute approximate surface area is 120 Å². The van der Waals surface area contributed by atoms with E-state index >= 15 is 0 Å². The predicted octanol–water partition coefficient (Wildman–Crippen LogP) is 0.765. The topological polar surface area (TPSA) is 87.1 Å². The summed E-state index contributed by atoms with van der Waals surface area (Å²) in [5, 5.41) is 19.4. The molecule has 0 aromatic rings. The lowest BCUT2D eigenvalue weighted by molar-refractivity contribution is -0.155. The zero-order valence-electron chi connectivity index (χ0n) is 11.2. The van der Waals surface area contributed by atoms with Crippen LogP contribution >= 0.6 is 11.8 Å². The molecule has 3 atom stereocenters. The number of allylic oxidation sites excluding steroid dienone is 1. The van der Waals surface area contributed by atoms with Gasteiger partial charge in [0.15, 0.2) is 0 Å². The fourth-order valence-corrected chi connectivity index (χ4v) is 4.73. The number of hydrogen-bond acceptors (Lipinski definition) is 5. The number of aliphatic carboxylic acids is 1. The normalized spacial score (nSPS) is 34.2. The Bertz CT molecular complexity index is 497. The Hall–Kier alpha value is -1.05. The van der Waals surface area contributed by atoms with E-state index in [0.717, 1.165) is 6.42 Å². The molecule has 2 saturated heterocycles. The maximum Gasteiger partial charge on any atom is 0.353 e. The minimum absolute atomic E-state index is 0.0547. The zero-order valence-corrected chi connectivity index (χ0v) is 12.0. The van der Waals surface area contributed by atoms with Gasteiger partial charge in [-0.25, -0.2) is 4.79 Å². The quantitative estimate of drug-likeness (QED) is 0.746. The Morgan fingerprint density at radius 3 is 2.90 bits per heavy atom. The van der Waals surface area contributed by atoms with E-state index < -0.39 is 16.9 Å². The van der Waals surface area contributed by atoms with Gasteiger partial charge in [0.05, 0.1) is 12.5 Å². The van der Waals surface area contributed by atoms with E-state index in [1.165, 1.54) is 16.7 Å². The van der Waals surface area contributed by atoms with Crippen molar-refractivity contribution < 1.29 is 24.5 Å². The first-order valence-electron chi connectivity index (χ1n) is 6.70. The van der Waals surface area contributed by atoms with Crippen molar-refractivity contribution >= 4 is 23.6 Å². The van der Waals surface area contributed by atoms with Gasteiger partial charge in [0.25, 0.3) is 0 Å². The number of ether oxygens (including phenoxy) is 1. The molecule has 7 heteroatoms. The van der Waals surface area contributed by atoms with Gasteiger partial charge < -0.3 is 14.9 Å². The monoisotopic (exact) mass is 299 g/mol. The Kier molecular flexibility index (Phi) is 3.30. The first-order valence-corrected chi connectivity index (χ1v) is 7.51. The van der Waals surface area contributed by atoms with E-state index in [9.17, 15) is 19.8 Å². The van der Waals surface area contributed by atoms with Crippen LogP contribution in [0, 0.1) is 5.92 Å². The number of fused-ring (bicyclic) bond motifs is 1. The van der Waals surface area contributed by atoms with Crippen molar-refractivity contribution in [2.45, 2.75) is 37.2 Å². The predicted molar refractivity (Wildman–Crippen MR) is 71.7 cm³/mol. The van der Waals surface area contributed by atoms with Crippen molar-refractivity contribution in [1.82, 2.24) is 4.90 Å². The molecule has 2 unspecified atom stereocenters. The number of carboxylic acid groups (broad SMARTS) is 1. The summed E-state index contributed by atoms with van der Waals surface area (Å²) in [7, 11) is 0. The molecule has 1 amide bonds. The second-order valence-corrected chi connectivity index (χ2v) is 6.94. The molecule has 0 aliphatic carbocycles. The molecular weight excluding hydrogens is 282 g/mol. The fourth-order valence-electron chi connectivity index (χ4n) is 3.06. The molecule has 3 aliphatic heterocycles. The highest BCUT2D eigenvalue weighted by molar-refractivity contribution is 8.04. The van der Waals surface area contributed by atoms with Crippen LogP contribution in [0.2, 0.25) is 0 Å². The molecule has 3 aliphatic rings. The van der Waals surface area contributed by atoms with E-state index in [2.05, 4.69) is 0 Å². The van der Waals surface area contributed by atoms with Crippen LogP contribution in [0.15, 0.2) is 10.6 Å². The molecule has 0 saturated carbocycles. The van der Waals surface area contributed by atoms with Crippen LogP contribution in [0.5, 0.6) is 0 Å². The van der Waals surface area contributed by atoms with Crippen molar-refractivity contribution in [3.05, 3.63) is 10.6 Å². The van der Waals surface area contributed by atoms with Gasteiger partial charge in [-0.1, -0.05) is 11.8 Å². The van der Waals surface area contributed by atoms with E-state index in [1.54, 1.807) is 6.92 Å². The number of carboxylic acids is 1. The molecule has 2 N–H and O–H groups in total. The molecule has 0 spiro atoms. The number of aliphatic hydroxyl groups excluding tert-OH is 1. The van der Waals surface area contributed by atoms with Crippen LogP contribution in [-0.2, 0) is 14.3 Å². The number of aliphatic hydroxyl groups is 1. The highest BCUT2D eigenvalue weighted by Gasteiger charge is 2.62. The van der Waals surface area contributed by atoms with E-state index in [4.69, 9.17) is 4.74 Å². The SMILES string of the molecule is CC(O)[C@@]12CC(=O)N1C(C(=O)O)=C(CC1CCOC1)S2. The smallest absolute Gasteiger partial charge is 0.353 e. The number of nitrogens with zero attached hydrogens (tertiary/aromatic N) is 1. The molecule has 0 bridgehead atoms. The summed E-state index contributed by atoms with van der Waals surface area (Å²) >= 11 is 1.34. The van der Waals surface area contributed by atoms with E-state index in [1.807, 2.05) is 0 Å². The highest BCUT2D eigenvalue weighted by Crippen LogP contribution is 2.58. The molecule has 20 heavy (non-hydrogen) atoms. The summed E-state index contributed by atoms with van der Waals surface area (Å²) in [5.41, 5.74) is 0.0547. The summed E-state index contributed by atoms with van der Waals surface area (Å²) in [6.07, 6.45) is 0.936. The van der Waals surface area contributed by atoms with Gasteiger partial charge in [-0.15, -0.1) is 0 Å². The zero-order chi connectivity index (χ0) is 14.5. The van der Waals surface area contributed by atoms with Crippen molar-refractivity contribution in [1.29, 1.82) is 0 Å². The third-order valence-electron chi connectivity index (χ3n) is 4.17. The Balaban J connectivity index is 1.90. The summed E-state index contributed by atoms with van der Waals surface area (Å²) in [4.78, 5) is 24.5. The van der Waals surface area contributed by atoms with Gasteiger partial charge in [0.1, 0.15) is 10.6 Å². The van der Waals surface area contributed by atoms with Crippen LogP contribution in [0.3, 0.4) is 0 Å². The van der Waals surface area contributed by atoms with Crippen molar-refractivity contribution in [2.24, 2.45) is 5.92 Å². The lowest BCUT2D eigenvalue weighted by Gasteiger charge is -2.48. The number of β-lactam (4-membered cyclic amide) rings is 1. The first kappa shape index (κ1) is 13.9. The van der Waals surface area contributed by atoms with Crippen molar-refractivity contribution in [3.63, 3.8) is 0 Å². The Morgan fingerprint density at radius 1 is 1.65 bits per heavy atom. The number of carbonyl (C=O) groups excluding carboxylic acids is 1. The molecule has 0 aromatic heterocycles. The Morgan fingerprint density at radius 2 is 2.40 bits per heavy atom. The second kappa shape index (κ2) is 4.75. The van der Waals surface area contributed by atoms with E-state index in [-0.39, 0.29) is 18.0 Å². The molecule has 0 radical (unpaired) electrons. The van der Waals surface area contributed by atoms with Gasteiger partial charge >= 0.3 is 5.97 Å². The third-order valence-corrected chi connectivity index (χ3v) is 5.80. The molecule has 0 aromatic carbocycles. The van der Waals surface area contributed by atoms with Crippen LogP contribution in [0.1, 0.15) is 26.2 Å². The largest absolute Gasteiger partial charge is 0.477 e. The maximum absolute atomic E-state index is 11.8. The second-order valence-electron chi connectivity index (χ2n) is 5.54. The first-order chi connectivity index (χ1) is 9.45. The average molecular weight is 299 g/mol. The number of rotatable bonds is 4. The van der Waals surface area contributed by atoms with E-state index in [0.29, 0.717) is 30.5 Å². The van der Waals surface area contributed by atoms with Gasteiger partial charge in [0.2, 0.25) is 5.91 Å². The van der Waals surface area contributed by atoms with Crippen molar-refractivity contribution in [3.8, 4) is 0 Å². The minimum atomic E-state index is -1.10. The summed E-state index contributed by atoms with van der Waals surface area (Å²) in [6.45, 7) is 2.94. The van der Waals surface area contributed by atoms with Crippen LogP contribution < -0.4 is 0 Å².